The van der Waals surface area contributed by atoms with Crippen molar-refractivity contribution in [3.63, 3.8) is 0 Å². The Morgan fingerprint density at radius 3 is 2.67 bits per heavy atom. The fourth-order valence-corrected chi connectivity index (χ4v) is 2.25. The minimum atomic E-state index is -0.719. The Balaban J connectivity index is 2.05. The van der Waals surface area contributed by atoms with Crippen LogP contribution in [0.3, 0.4) is 0 Å². The van der Waals surface area contributed by atoms with Gasteiger partial charge in [0.1, 0.15) is 17.3 Å². The molecule has 0 radical (unpaired) electrons. The fourth-order valence-electron chi connectivity index (χ4n) is 2.25. The third-order valence-electron chi connectivity index (χ3n) is 3.59. The molecule has 2 rings (SSSR count). The molecule has 0 unspecified atom stereocenters. The average molecular weight is 332 g/mol. The summed E-state index contributed by atoms with van der Waals surface area (Å²) < 4.78 is 9.85. The van der Waals surface area contributed by atoms with Crippen LogP contribution in [0, 0.1) is 5.92 Å². The molecule has 0 aliphatic heterocycles. The fraction of sp³-hybridized carbons (Fsp3) is 0.412. The number of aromatic nitrogens is 1. The highest BCUT2D eigenvalue weighted by Crippen LogP contribution is 2.10. The van der Waals surface area contributed by atoms with Gasteiger partial charge in [-0.15, -0.1) is 0 Å². The molecule has 2 aromatic rings. The standard InChI is InChI=1S/C17H20N2O5/c1-10(2)15(17(22)23-3)19-14(20)9-8-12-16(21)24-13-7-5-4-6-11(13)18-12/h4-7,10,15H,8-9H2,1-3H3,(H,19,20)/t15-/m0/s1. The van der Waals surface area contributed by atoms with Crippen molar-refractivity contribution < 1.29 is 18.7 Å². The number of benzene rings is 1. The van der Waals surface area contributed by atoms with Crippen LogP contribution in [0.25, 0.3) is 11.1 Å². The average Bonchev–Trinajstić information content (AvgIpc) is 2.56. The maximum atomic E-state index is 12.0. The van der Waals surface area contributed by atoms with E-state index in [0.717, 1.165) is 0 Å². The SMILES string of the molecule is COC(=O)[C@@H](NC(=O)CCc1nc2ccccc2oc1=O)C(C)C. The molecule has 0 aliphatic rings. The van der Waals surface area contributed by atoms with Crippen molar-refractivity contribution >= 4 is 23.0 Å². The van der Waals surface area contributed by atoms with E-state index in [4.69, 9.17) is 4.42 Å². The molecule has 1 aromatic heterocycles. The highest BCUT2D eigenvalue weighted by molar-refractivity contribution is 5.84. The summed E-state index contributed by atoms with van der Waals surface area (Å²) in [7, 11) is 1.27. The Bertz CT molecular complexity index is 797. The van der Waals surface area contributed by atoms with Crippen molar-refractivity contribution in [1.29, 1.82) is 0 Å². The number of carbonyl (C=O) groups excluding carboxylic acids is 2. The maximum Gasteiger partial charge on any atom is 0.358 e. The maximum absolute atomic E-state index is 12.0. The van der Waals surface area contributed by atoms with E-state index < -0.39 is 17.6 Å². The summed E-state index contributed by atoms with van der Waals surface area (Å²) in [6, 6.07) is 6.20. The first-order chi connectivity index (χ1) is 11.4. The third-order valence-corrected chi connectivity index (χ3v) is 3.59. The summed E-state index contributed by atoms with van der Waals surface area (Å²) in [5.41, 5.74) is 0.585. The highest BCUT2D eigenvalue weighted by Gasteiger charge is 2.24. The monoisotopic (exact) mass is 332 g/mol. The van der Waals surface area contributed by atoms with Gasteiger partial charge >= 0.3 is 11.6 Å². The van der Waals surface area contributed by atoms with Crippen LogP contribution in [0.15, 0.2) is 33.5 Å². The van der Waals surface area contributed by atoms with Gasteiger partial charge < -0.3 is 14.5 Å². The zero-order chi connectivity index (χ0) is 17.7. The second-order valence-corrected chi connectivity index (χ2v) is 5.73. The van der Waals surface area contributed by atoms with Gasteiger partial charge in [-0.05, 0) is 18.1 Å². The summed E-state index contributed by atoms with van der Waals surface area (Å²) >= 11 is 0. The van der Waals surface area contributed by atoms with Crippen molar-refractivity contribution in [2.75, 3.05) is 7.11 Å². The van der Waals surface area contributed by atoms with Crippen LogP contribution in [0.2, 0.25) is 0 Å². The predicted octanol–water partition coefficient (Wildman–Crippen LogP) is 1.43. The third kappa shape index (κ3) is 4.18. The van der Waals surface area contributed by atoms with E-state index in [0.29, 0.717) is 11.1 Å². The van der Waals surface area contributed by atoms with E-state index in [-0.39, 0.29) is 30.4 Å². The van der Waals surface area contributed by atoms with Gasteiger partial charge in [0, 0.05) is 12.8 Å². The summed E-state index contributed by atoms with van der Waals surface area (Å²) in [6.45, 7) is 3.61. The van der Waals surface area contributed by atoms with Crippen LogP contribution >= 0.6 is 0 Å². The largest absolute Gasteiger partial charge is 0.467 e. The lowest BCUT2D eigenvalue weighted by molar-refractivity contribution is -0.146. The van der Waals surface area contributed by atoms with Gasteiger partial charge in [0.05, 0.1) is 7.11 Å². The van der Waals surface area contributed by atoms with E-state index >= 15 is 0 Å². The molecule has 0 spiro atoms. The zero-order valence-corrected chi connectivity index (χ0v) is 13.9. The van der Waals surface area contributed by atoms with Crippen LogP contribution in [-0.4, -0.2) is 30.0 Å². The van der Waals surface area contributed by atoms with Crippen molar-refractivity contribution in [3.8, 4) is 0 Å². The first-order valence-electron chi connectivity index (χ1n) is 7.68. The number of carbonyl (C=O) groups is 2. The number of methoxy groups -OCH3 is 1. The lowest BCUT2D eigenvalue weighted by Gasteiger charge is -2.19. The van der Waals surface area contributed by atoms with Gasteiger partial charge in [0.2, 0.25) is 5.91 Å². The summed E-state index contributed by atoms with van der Waals surface area (Å²) in [5, 5.41) is 2.62. The highest BCUT2D eigenvalue weighted by atomic mass is 16.5. The van der Waals surface area contributed by atoms with Crippen molar-refractivity contribution in [1.82, 2.24) is 10.3 Å². The number of ether oxygens (including phenoxy) is 1. The first kappa shape index (κ1) is 17.7. The van der Waals surface area contributed by atoms with E-state index in [1.54, 1.807) is 38.1 Å². The quantitative estimate of drug-likeness (QED) is 0.804. The lowest BCUT2D eigenvalue weighted by atomic mass is 10.0. The van der Waals surface area contributed by atoms with E-state index in [9.17, 15) is 14.4 Å². The number of hydrogen-bond acceptors (Lipinski definition) is 6. The van der Waals surface area contributed by atoms with Crippen LogP contribution in [0.4, 0.5) is 0 Å². The Morgan fingerprint density at radius 2 is 2.00 bits per heavy atom. The number of aryl methyl sites for hydroxylation is 1. The Labute approximate surface area is 139 Å². The number of hydrogen-bond donors (Lipinski definition) is 1. The zero-order valence-electron chi connectivity index (χ0n) is 13.9. The van der Waals surface area contributed by atoms with Crippen molar-refractivity contribution in [3.05, 3.63) is 40.4 Å². The van der Waals surface area contributed by atoms with E-state index in [2.05, 4.69) is 15.0 Å². The molecule has 1 atom stereocenters. The number of fused-ring (bicyclic) bond motifs is 1. The van der Waals surface area contributed by atoms with Crippen LogP contribution < -0.4 is 10.9 Å². The van der Waals surface area contributed by atoms with Crippen LogP contribution in [-0.2, 0) is 20.7 Å². The summed E-state index contributed by atoms with van der Waals surface area (Å²) in [6.07, 6.45) is 0.154. The number of para-hydroxylation sites is 2. The molecular weight excluding hydrogens is 312 g/mol. The molecule has 0 aliphatic carbocycles. The second kappa shape index (κ2) is 7.72. The van der Waals surface area contributed by atoms with Crippen molar-refractivity contribution in [2.24, 2.45) is 5.92 Å². The molecule has 0 saturated heterocycles. The molecule has 1 heterocycles. The summed E-state index contributed by atoms with van der Waals surface area (Å²) in [4.78, 5) is 39.8. The van der Waals surface area contributed by atoms with Gasteiger partial charge in [-0.3, -0.25) is 4.79 Å². The number of amides is 1. The topological polar surface area (TPSA) is 98.5 Å². The van der Waals surface area contributed by atoms with E-state index in [1.165, 1.54) is 7.11 Å². The molecule has 1 aromatic carbocycles. The molecule has 0 saturated carbocycles. The molecule has 0 fully saturated rings. The number of nitrogens with one attached hydrogen (secondary N) is 1. The van der Waals surface area contributed by atoms with Gasteiger partial charge in [-0.25, -0.2) is 14.6 Å². The van der Waals surface area contributed by atoms with Crippen molar-refractivity contribution in [2.45, 2.75) is 32.7 Å². The molecular formula is C17H20N2O5. The van der Waals surface area contributed by atoms with Gasteiger partial charge in [0.25, 0.3) is 0 Å². The van der Waals surface area contributed by atoms with Gasteiger partial charge in [0.15, 0.2) is 5.58 Å². The Kier molecular flexibility index (Phi) is 5.68. The molecule has 1 amide bonds. The predicted molar refractivity (Wildman–Crippen MR) is 87.4 cm³/mol. The minimum Gasteiger partial charge on any atom is -0.467 e. The number of rotatable bonds is 6. The van der Waals surface area contributed by atoms with Gasteiger partial charge in [-0.1, -0.05) is 26.0 Å². The molecule has 0 bridgehead atoms. The number of nitrogens with zero attached hydrogens (tertiary/aromatic N) is 1. The molecule has 1 N–H and O–H groups in total. The normalized spacial score (nSPS) is 12.2. The Morgan fingerprint density at radius 1 is 1.29 bits per heavy atom. The minimum absolute atomic E-state index is 0.0241. The van der Waals surface area contributed by atoms with Crippen LogP contribution in [0.5, 0.6) is 0 Å². The lowest BCUT2D eigenvalue weighted by Crippen LogP contribution is -2.45. The van der Waals surface area contributed by atoms with Gasteiger partial charge in [-0.2, -0.15) is 0 Å². The second-order valence-electron chi connectivity index (χ2n) is 5.73. The molecule has 7 nitrogen and oxygen atoms in total. The Hall–Kier alpha value is -2.70. The van der Waals surface area contributed by atoms with E-state index in [1.807, 2.05) is 0 Å². The first-order valence-corrected chi connectivity index (χ1v) is 7.68. The smallest absolute Gasteiger partial charge is 0.358 e. The molecule has 128 valence electrons. The number of esters is 1. The summed E-state index contributed by atoms with van der Waals surface area (Å²) in [5.74, 6) is -0.958. The molecule has 7 heteroatoms. The van der Waals surface area contributed by atoms with Crippen LogP contribution in [0.1, 0.15) is 26.0 Å². The molecule has 24 heavy (non-hydrogen) atoms.